The highest BCUT2D eigenvalue weighted by Crippen LogP contribution is 2.28. The number of imidazole rings is 1. The second-order valence-corrected chi connectivity index (χ2v) is 7.29. The lowest BCUT2D eigenvalue weighted by molar-refractivity contribution is 0.103. The van der Waals surface area contributed by atoms with Crippen molar-refractivity contribution in [2.24, 2.45) is 5.16 Å². The van der Waals surface area contributed by atoms with E-state index >= 15 is 0 Å². The van der Waals surface area contributed by atoms with Gasteiger partial charge in [-0.1, -0.05) is 35.0 Å². The summed E-state index contributed by atoms with van der Waals surface area (Å²) >= 11 is 5.92. The molecule has 3 aromatic heterocycles. The van der Waals surface area contributed by atoms with E-state index in [4.69, 9.17) is 25.6 Å². The number of ether oxygens (including phenoxy) is 1. The summed E-state index contributed by atoms with van der Waals surface area (Å²) in [4.78, 5) is 14.1. The summed E-state index contributed by atoms with van der Waals surface area (Å²) < 4.78 is 13.3. The van der Waals surface area contributed by atoms with Crippen molar-refractivity contribution >= 4 is 28.4 Å². The number of para-hydroxylation sites is 1. The van der Waals surface area contributed by atoms with Crippen molar-refractivity contribution in [2.75, 3.05) is 13.7 Å². The van der Waals surface area contributed by atoms with E-state index in [-0.39, 0.29) is 6.04 Å². The molecule has 1 aliphatic heterocycles. The Morgan fingerprint density at radius 3 is 2.93 bits per heavy atom. The Morgan fingerprint density at radius 1 is 1.27 bits per heavy atom. The fourth-order valence-electron chi connectivity index (χ4n) is 3.43. The van der Waals surface area contributed by atoms with Crippen LogP contribution in [0.25, 0.3) is 16.7 Å². The molecular formula is C21H18ClN5O3. The molecule has 30 heavy (non-hydrogen) atoms. The maximum Gasteiger partial charge on any atom is 0.238 e. The topological polar surface area (TPSA) is 86.7 Å². The third-order valence-electron chi connectivity index (χ3n) is 4.92. The van der Waals surface area contributed by atoms with Gasteiger partial charge in [0.1, 0.15) is 46.9 Å². The first-order valence-corrected chi connectivity index (χ1v) is 9.71. The number of furan rings is 1. The summed E-state index contributed by atoms with van der Waals surface area (Å²) in [6.07, 6.45) is 3.28. The molecule has 0 spiro atoms. The third-order valence-corrected chi connectivity index (χ3v) is 5.11. The summed E-state index contributed by atoms with van der Waals surface area (Å²) in [7, 11) is 1.56. The number of hydrogen-bond acceptors (Lipinski definition) is 7. The maximum atomic E-state index is 6.08. The van der Waals surface area contributed by atoms with E-state index in [1.807, 2.05) is 43.3 Å². The van der Waals surface area contributed by atoms with Crippen LogP contribution in [0.4, 0.5) is 0 Å². The number of rotatable bonds is 4. The van der Waals surface area contributed by atoms with Crippen LogP contribution >= 0.6 is 11.6 Å². The number of nitrogens with zero attached hydrogens (tertiary/aromatic N) is 4. The van der Waals surface area contributed by atoms with Crippen molar-refractivity contribution in [1.82, 2.24) is 19.9 Å². The lowest BCUT2D eigenvalue weighted by Crippen LogP contribution is -2.36. The summed E-state index contributed by atoms with van der Waals surface area (Å²) in [6, 6.07) is 11.6. The first kappa shape index (κ1) is 18.5. The number of aromatic nitrogens is 3. The van der Waals surface area contributed by atoms with E-state index in [0.717, 1.165) is 22.3 Å². The summed E-state index contributed by atoms with van der Waals surface area (Å²) in [5, 5.41) is 8.93. The van der Waals surface area contributed by atoms with E-state index in [1.54, 1.807) is 24.2 Å². The molecule has 1 aliphatic rings. The Kier molecular flexibility index (Phi) is 4.55. The molecule has 5 rings (SSSR count). The van der Waals surface area contributed by atoms with Gasteiger partial charge in [0.15, 0.2) is 5.84 Å². The number of methoxy groups -OCH3 is 1. The zero-order valence-corrected chi connectivity index (χ0v) is 17.1. The Bertz CT molecular complexity index is 1260. The fourth-order valence-corrected chi connectivity index (χ4v) is 3.57. The normalized spacial score (nSPS) is 16.1. The van der Waals surface area contributed by atoms with Gasteiger partial charge in [-0.05, 0) is 30.7 Å². The van der Waals surface area contributed by atoms with Crippen LogP contribution in [0.1, 0.15) is 23.1 Å². The number of amidine groups is 1. The predicted octanol–water partition coefficient (Wildman–Crippen LogP) is 4.01. The van der Waals surface area contributed by atoms with Gasteiger partial charge < -0.3 is 19.3 Å². The molecule has 0 amide bonds. The van der Waals surface area contributed by atoms with Crippen molar-refractivity contribution in [3.8, 4) is 11.6 Å². The first-order valence-electron chi connectivity index (χ1n) is 9.33. The van der Waals surface area contributed by atoms with E-state index in [0.29, 0.717) is 34.9 Å². The standard InChI is InChI=1S/C21H18ClN5O3/c1-12-4-3-5-13-8-17(30-19(12)13)15-10-29-26-20(24-15)14-6-7-16(21(25-14)28-2)27-9-18(22)23-11-27/h3-9,11,15H,10H2,1-2H3,(H,24,26). The molecule has 8 nitrogen and oxygen atoms in total. The fraction of sp³-hybridized carbons (Fsp3) is 0.190. The van der Waals surface area contributed by atoms with E-state index in [1.165, 1.54) is 0 Å². The Balaban J connectivity index is 1.44. The van der Waals surface area contributed by atoms with E-state index < -0.39 is 0 Å². The van der Waals surface area contributed by atoms with Crippen LogP contribution in [0.2, 0.25) is 5.15 Å². The first-order chi connectivity index (χ1) is 14.6. The van der Waals surface area contributed by atoms with Gasteiger partial charge >= 0.3 is 0 Å². The Hall–Kier alpha value is -3.52. The van der Waals surface area contributed by atoms with Crippen LogP contribution in [0.5, 0.6) is 5.88 Å². The highest BCUT2D eigenvalue weighted by Gasteiger charge is 2.25. The number of fused-ring (bicyclic) bond motifs is 1. The highest BCUT2D eigenvalue weighted by molar-refractivity contribution is 6.29. The second-order valence-electron chi connectivity index (χ2n) is 6.90. The third kappa shape index (κ3) is 3.25. The smallest absolute Gasteiger partial charge is 0.238 e. The zero-order chi connectivity index (χ0) is 20.7. The second kappa shape index (κ2) is 7.38. The van der Waals surface area contributed by atoms with Gasteiger partial charge in [-0.2, -0.15) is 0 Å². The van der Waals surface area contributed by atoms with Crippen LogP contribution in [0.15, 0.2) is 58.5 Å². The van der Waals surface area contributed by atoms with Gasteiger partial charge in [-0.15, -0.1) is 0 Å². The van der Waals surface area contributed by atoms with Gasteiger partial charge in [0.25, 0.3) is 0 Å². The van der Waals surface area contributed by atoms with Crippen LogP contribution in [0, 0.1) is 6.92 Å². The van der Waals surface area contributed by atoms with Gasteiger partial charge in [0.05, 0.1) is 7.11 Å². The minimum atomic E-state index is -0.191. The molecule has 1 aromatic carbocycles. The number of hydrogen-bond donors (Lipinski definition) is 1. The molecule has 4 heterocycles. The molecule has 1 atom stereocenters. The summed E-state index contributed by atoms with van der Waals surface area (Å²) in [5.74, 6) is 1.69. The molecule has 0 fully saturated rings. The van der Waals surface area contributed by atoms with Gasteiger partial charge in [-0.3, -0.25) is 4.57 Å². The van der Waals surface area contributed by atoms with Gasteiger partial charge in [-0.25, -0.2) is 9.97 Å². The molecule has 9 heteroatoms. The van der Waals surface area contributed by atoms with Crippen molar-refractivity contribution in [2.45, 2.75) is 13.0 Å². The van der Waals surface area contributed by atoms with Crippen LogP contribution in [-0.2, 0) is 4.84 Å². The maximum absolute atomic E-state index is 6.08. The quantitative estimate of drug-likeness (QED) is 0.533. The average Bonchev–Trinajstić information content (AvgIpc) is 3.40. The molecule has 4 aromatic rings. The number of nitrogens with one attached hydrogen (secondary N) is 1. The van der Waals surface area contributed by atoms with Crippen LogP contribution in [0.3, 0.4) is 0 Å². The lowest BCUT2D eigenvalue weighted by Gasteiger charge is -2.22. The van der Waals surface area contributed by atoms with E-state index in [9.17, 15) is 0 Å². The molecule has 0 bridgehead atoms. The average molecular weight is 424 g/mol. The lowest BCUT2D eigenvalue weighted by atomic mass is 10.1. The molecule has 0 aliphatic carbocycles. The van der Waals surface area contributed by atoms with E-state index in [2.05, 4.69) is 20.4 Å². The minimum Gasteiger partial charge on any atom is -0.479 e. The molecule has 1 N–H and O–H groups in total. The summed E-state index contributed by atoms with van der Waals surface area (Å²) in [6.45, 7) is 2.38. The number of aryl methyl sites for hydroxylation is 1. The Labute approximate surface area is 177 Å². The summed E-state index contributed by atoms with van der Waals surface area (Å²) in [5.41, 5.74) is 3.26. The van der Waals surface area contributed by atoms with Crippen molar-refractivity contribution in [3.05, 3.63) is 71.1 Å². The number of pyridine rings is 1. The van der Waals surface area contributed by atoms with Crippen LogP contribution in [-0.4, -0.2) is 34.1 Å². The monoisotopic (exact) mass is 423 g/mol. The molecule has 0 radical (unpaired) electrons. The van der Waals surface area contributed by atoms with Crippen molar-refractivity contribution < 1.29 is 14.0 Å². The largest absolute Gasteiger partial charge is 0.479 e. The number of oxime groups is 1. The molecular weight excluding hydrogens is 406 g/mol. The number of halogens is 1. The van der Waals surface area contributed by atoms with Crippen molar-refractivity contribution in [3.63, 3.8) is 0 Å². The van der Waals surface area contributed by atoms with Gasteiger partial charge in [0.2, 0.25) is 5.88 Å². The van der Waals surface area contributed by atoms with Crippen LogP contribution < -0.4 is 10.1 Å². The molecule has 0 saturated carbocycles. The minimum absolute atomic E-state index is 0.191. The molecule has 0 saturated heterocycles. The zero-order valence-electron chi connectivity index (χ0n) is 16.3. The molecule has 1 unspecified atom stereocenters. The Morgan fingerprint density at radius 2 is 2.17 bits per heavy atom. The number of benzene rings is 1. The predicted molar refractivity (Wildman–Crippen MR) is 112 cm³/mol. The highest BCUT2D eigenvalue weighted by atomic mass is 35.5. The SMILES string of the molecule is COc1nc(C2=NOCC(c3cc4cccc(C)c4o3)N2)ccc1-n1cnc(Cl)c1. The van der Waals surface area contributed by atoms with Gasteiger partial charge in [0, 0.05) is 11.6 Å². The van der Waals surface area contributed by atoms with Crippen molar-refractivity contribution in [1.29, 1.82) is 0 Å². The molecule has 152 valence electrons.